The van der Waals surface area contributed by atoms with E-state index in [4.69, 9.17) is 37.3 Å². The molecule has 8 rings (SSSR count). The van der Waals surface area contributed by atoms with Crippen molar-refractivity contribution in [1.82, 2.24) is 51.0 Å². The van der Waals surface area contributed by atoms with Crippen molar-refractivity contribution in [3.8, 4) is 28.8 Å². The first-order valence-electron chi connectivity index (χ1n) is 38.5. The molecule has 5 heterocycles. The van der Waals surface area contributed by atoms with Crippen molar-refractivity contribution in [3.63, 3.8) is 0 Å². The number of hydrogen-bond donors (Lipinski definition) is 4. The molecule has 0 radical (unpaired) electrons. The number of halogens is 10. The van der Waals surface area contributed by atoms with Crippen molar-refractivity contribution in [2.45, 2.75) is 246 Å². The van der Waals surface area contributed by atoms with E-state index in [1.807, 2.05) is 5.32 Å². The molecule has 5 aromatic rings. The largest absolute Gasteiger partial charge is 0.531 e. The first kappa shape index (κ1) is 96.6. The SMILES string of the molecule is COC(=O)N[C@H](C(=O)N[C@@H](Cc1ccc(C#Cc2cnc(N3CC4CCC(C3)N4C3COC3)nc2)cc1)[C@H](CN(Cc1c(F)cc(-c2ccn(C(F)F)n2)cc1F)NC(=O)[C@@H](NC(=O)OC)C(C)(C)C(F)(F)F)OC(=O)O[C@H](C)OC(=O)CC(C)(C)c1c(CC(=O)OC(C)(C)C)cc(C)cc1OP(=O)(OC(C)(C)C)OC(C)(C)C)C(C)(C)C(F)(F)F. The van der Waals surface area contributed by atoms with Gasteiger partial charge in [-0.25, -0.2) is 47.4 Å². The average molecular weight is 1740 g/mol. The Bertz CT molecular complexity index is 4590. The van der Waals surface area contributed by atoms with Crippen molar-refractivity contribution in [2.75, 3.05) is 52.0 Å². The number of rotatable bonds is 31. The zero-order chi connectivity index (χ0) is 90.3. The molecule has 2 unspecified atom stereocenters. The highest BCUT2D eigenvalue weighted by molar-refractivity contribution is 7.49. The molecule has 4 N–H and O–H groups in total. The van der Waals surface area contributed by atoms with Crippen LogP contribution in [0.15, 0.2) is 73.2 Å². The molecule has 0 spiro atoms. The molecule has 40 heteroatoms. The summed E-state index contributed by atoms with van der Waals surface area (Å²) >= 11 is 0. The maximum absolute atomic E-state index is 16.9. The number of amides is 4. The molecular formula is C81H104F10N11O18P. The van der Waals surface area contributed by atoms with E-state index in [1.165, 1.54) is 56.6 Å². The van der Waals surface area contributed by atoms with Gasteiger partial charge < -0.3 is 58.5 Å². The lowest BCUT2D eigenvalue weighted by atomic mass is 9.77. The molecule has 3 saturated heterocycles. The normalized spacial score (nSPS) is 17.1. The number of alkyl carbamates (subject to hydrolysis) is 2. The van der Waals surface area contributed by atoms with Gasteiger partial charge in [-0.05, 0) is 169 Å². The average Bonchev–Trinajstić information content (AvgIpc) is 1.75. The van der Waals surface area contributed by atoms with Crippen LogP contribution < -0.4 is 30.8 Å². The number of alkyl halides is 8. The number of fused-ring (bicyclic) bond motifs is 2. The summed E-state index contributed by atoms with van der Waals surface area (Å²) in [5, 5.41) is 10.0. The molecule has 29 nitrogen and oxygen atoms in total. The van der Waals surface area contributed by atoms with Crippen LogP contribution in [0, 0.1) is 41.2 Å². The number of ether oxygens (including phenoxy) is 7. The Hall–Kier alpha value is -9.87. The fraction of sp³-hybridized carbons (Fsp3) is 0.580. The van der Waals surface area contributed by atoms with E-state index in [-0.39, 0.29) is 27.1 Å². The minimum Gasteiger partial charge on any atom is -0.460 e. The Morgan fingerprint density at radius 2 is 1.21 bits per heavy atom. The topological polar surface area (TPSA) is 330 Å². The van der Waals surface area contributed by atoms with Crippen LogP contribution in [-0.2, 0) is 90.8 Å². The number of phosphoric acid groups is 1. The molecule has 3 aliphatic rings. The van der Waals surface area contributed by atoms with Gasteiger partial charge in [0.05, 0.1) is 92.2 Å². The third-order valence-corrected chi connectivity index (χ3v) is 21.7. The zero-order valence-corrected chi connectivity index (χ0v) is 71.5. The van der Waals surface area contributed by atoms with E-state index >= 15 is 39.9 Å². The van der Waals surface area contributed by atoms with Gasteiger partial charge >= 0.3 is 57.0 Å². The molecule has 3 fully saturated rings. The zero-order valence-electron chi connectivity index (χ0n) is 70.6. The fourth-order valence-corrected chi connectivity index (χ4v) is 15.7. The Labute approximate surface area is 694 Å². The van der Waals surface area contributed by atoms with E-state index in [1.54, 1.807) is 80.6 Å². The van der Waals surface area contributed by atoms with Gasteiger partial charge in [-0.2, -0.15) is 40.2 Å². The summed E-state index contributed by atoms with van der Waals surface area (Å²) in [6, 6.07) is 4.27. The van der Waals surface area contributed by atoms with Crippen LogP contribution >= 0.6 is 7.82 Å². The number of carbonyl (C=O) groups is 7. The highest BCUT2D eigenvalue weighted by Crippen LogP contribution is 2.57. The number of aromatic nitrogens is 4. The predicted octanol–water partition coefficient (Wildman–Crippen LogP) is 13.7. The molecule has 7 atom stereocenters. The number of aryl methyl sites for hydroxylation is 1. The maximum Gasteiger partial charge on any atom is 0.531 e. The lowest BCUT2D eigenvalue weighted by Gasteiger charge is -2.47. The van der Waals surface area contributed by atoms with E-state index in [0.717, 1.165) is 46.2 Å². The third-order valence-electron chi connectivity index (χ3n) is 19.8. The van der Waals surface area contributed by atoms with Gasteiger partial charge in [0.2, 0.25) is 18.1 Å². The number of hydrazine groups is 1. The molecular weight excluding hydrogens is 1640 g/mol. The standard InChI is InChI=1S/C81H104F10N11O18P/c1-45-30-51(35-62(103)117-74(3,4)5)64(60(31-45)118-121(110,119-75(6,7)8)120-76(9,10)11)77(12,13)36-63(104)114-46(2)115-73(109)116-61(42-100(98-68(106)66(96-72(108)112-19)79(16,17)81(89,90)91)41-55-56(82)33-50(34-57(55)83)58-28-29-101(97-58)69(84)85)59(94-67(105)65(95-71(107)111-18)78(14,15)80(86,87)88)32-48-23-20-47(21-24-48)22-25-49-37-92-70(93-38-49)99-39-52-26-27-53(40-99)102(52)54-43-113-44-54/h20-21,23-24,28-31,33-34,37-38,46,52-54,59,61,65-66,69H,26-27,32,35-36,39-44H2,1-19H3,(H,94,105)(H,95,107)(H,96,108)(H,98,106)/t46-,52?,53?,59+,61+,65-,66-/m1/s1. The Morgan fingerprint density at radius 1 is 0.669 bits per heavy atom. The van der Waals surface area contributed by atoms with Gasteiger partial charge in [0.25, 0.3) is 5.91 Å². The highest BCUT2D eigenvalue weighted by Gasteiger charge is 2.58. The lowest BCUT2D eigenvalue weighted by Crippen LogP contribution is -2.64. The summed E-state index contributed by atoms with van der Waals surface area (Å²) in [5.74, 6) is -2.36. The molecule has 2 bridgehead atoms. The van der Waals surface area contributed by atoms with Crippen LogP contribution in [0.1, 0.15) is 176 Å². The van der Waals surface area contributed by atoms with Gasteiger partial charge in [0, 0.05) is 84.9 Å². The number of anilines is 1. The first-order valence-corrected chi connectivity index (χ1v) is 40.0. The lowest BCUT2D eigenvalue weighted by molar-refractivity contribution is -0.221. The molecule has 3 aliphatic heterocycles. The molecule has 4 amide bonds. The van der Waals surface area contributed by atoms with Crippen molar-refractivity contribution in [2.24, 2.45) is 10.8 Å². The number of esters is 2. The third kappa shape index (κ3) is 26.1. The minimum absolute atomic E-state index is 0.0799. The summed E-state index contributed by atoms with van der Waals surface area (Å²) < 4.78 is 223. The number of benzene rings is 3. The number of methoxy groups -OCH3 is 2. The van der Waals surface area contributed by atoms with Crippen LogP contribution in [0.25, 0.3) is 11.3 Å². The summed E-state index contributed by atoms with van der Waals surface area (Å²) in [7, 11) is -3.19. The number of piperazine rings is 1. The van der Waals surface area contributed by atoms with Crippen molar-refractivity contribution >= 4 is 55.9 Å². The number of phosphoric ester groups is 1. The summed E-state index contributed by atoms with van der Waals surface area (Å²) in [5.41, 5.74) is -9.87. The summed E-state index contributed by atoms with van der Waals surface area (Å²) in [6.45, 7) is 18.9. The van der Waals surface area contributed by atoms with E-state index in [2.05, 4.69) is 56.9 Å². The second kappa shape index (κ2) is 38.3. The number of nitrogens with zero attached hydrogens (tertiary/aromatic N) is 7. The van der Waals surface area contributed by atoms with Crippen LogP contribution in [0.4, 0.5) is 64.2 Å². The quantitative estimate of drug-likeness (QED) is 0.00609. The van der Waals surface area contributed by atoms with Gasteiger partial charge in [0.1, 0.15) is 41.2 Å². The van der Waals surface area contributed by atoms with Crippen LogP contribution in [0.3, 0.4) is 0 Å². The first-order chi connectivity index (χ1) is 55.9. The van der Waals surface area contributed by atoms with Crippen molar-refractivity contribution in [1.29, 1.82) is 0 Å². The number of carbonyl (C=O) groups excluding carboxylic acids is 7. The fourth-order valence-electron chi connectivity index (χ4n) is 13.8. The van der Waals surface area contributed by atoms with Crippen LogP contribution in [0.5, 0.6) is 5.75 Å². The summed E-state index contributed by atoms with van der Waals surface area (Å²) in [4.78, 5) is 113. The molecule has 666 valence electrons. The molecule has 0 aliphatic carbocycles. The van der Waals surface area contributed by atoms with E-state index < -0.39 is 193 Å². The smallest absolute Gasteiger partial charge is 0.460 e. The van der Waals surface area contributed by atoms with Crippen LogP contribution in [0.2, 0.25) is 0 Å². The Balaban J connectivity index is 1.22. The van der Waals surface area contributed by atoms with E-state index in [9.17, 15) is 42.1 Å². The Kier molecular flexibility index (Phi) is 30.5. The van der Waals surface area contributed by atoms with Gasteiger partial charge in [0.15, 0.2) is 0 Å². The van der Waals surface area contributed by atoms with Crippen LogP contribution in [-0.4, -0.2) is 197 Å². The predicted molar refractivity (Wildman–Crippen MR) is 416 cm³/mol. The number of nitrogens with one attached hydrogen (secondary N) is 4. The molecule has 121 heavy (non-hydrogen) atoms. The summed E-state index contributed by atoms with van der Waals surface area (Å²) in [6.07, 6.45) is -16.4. The minimum atomic E-state index is -5.40. The van der Waals surface area contributed by atoms with E-state index in [0.29, 0.717) is 112 Å². The monoisotopic (exact) mass is 1740 g/mol. The second-order valence-corrected chi connectivity index (χ2v) is 35.9. The van der Waals surface area contributed by atoms with Crippen molar-refractivity contribution < 1.29 is 129 Å². The maximum atomic E-state index is 16.9. The van der Waals surface area contributed by atoms with Crippen molar-refractivity contribution in [3.05, 3.63) is 124 Å². The Morgan fingerprint density at radius 3 is 1.69 bits per heavy atom. The van der Waals surface area contributed by atoms with Gasteiger partial charge in [-0.15, -0.1) is 0 Å². The highest BCUT2D eigenvalue weighted by atomic mass is 31.2. The molecule has 2 aromatic heterocycles. The van der Waals surface area contributed by atoms with Gasteiger partial charge in [-0.1, -0.05) is 43.9 Å². The number of hydrogen-bond acceptors (Lipinski definition) is 24. The molecule has 3 aromatic carbocycles. The second-order valence-electron chi connectivity index (χ2n) is 34.4. The molecule has 0 saturated carbocycles. The van der Waals surface area contributed by atoms with Gasteiger partial charge in [-0.3, -0.25) is 38.6 Å².